The van der Waals surface area contributed by atoms with E-state index >= 15 is 0 Å². The molecule has 1 fully saturated rings. The van der Waals surface area contributed by atoms with Crippen LogP contribution in [0.5, 0.6) is 0 Å². The zero-order chi connectivity index (χ0) is 13.7. The van der Waals surface area contributed by atoms with Crippen molar-refractivity contribution in [3.63, 3.8) is 0 Å². The summed E-state index contributed by atoms with van der Waals surface area (Å²) in [5, 5.41) is 3.15. The summed E-state index contributed by atoms with van der Waals surface area (Å²) < 4.78 is 0. The Morgan fingerprint density at radius 2 is 2.16 bits per heavy atom. The van der Waals surface area contributed by atoms with Crippen LogP contribution in [-0.2, 0) is 11.3 Å². The maximum Gasteiger partial charge on any atom is 0.235 e. The second-order valence-electron chi connectivity index (χ2n) is 4.97. The smallest absolute Gasteiger partial charge is 0.235 e. The zero-order valence-corrected chi connectivity index (χ0v) is 12.5. The molecule has 0 bridgehead atoms. The van der Waals surface area contributed by atoms with E-state index in [4.69, 9.17) is 0 Å². The van der Waals surface area contributed by atoms with Gasteiger partial charge in [0.05, 0.1) is 5.25 Å². The van der Waals surface area contributed by atoms with E-state index in [0.717, 1.165) is 32.5 Å². The molecule has 4 heteroatoms. The molecular weight excluding hydrogens is 256 g/mol. The van der Waals surface area contributed by atoms with Gasteiger partial charge in [-0.3, -0.25) is 4.79 Å². The molecule has 104 valence electrons. The highest BCUT2D eigenvalue weighted by Gasteiger charge is 2.23. The van der Waals surface area contributed by atoms with Gasteiger partial charge in [-0.25, -0.2) is 0 Å². The molecule has 1 amide bonds. The summed E-state index contributed by atoms with van der Waals surface area (Å²) in [6.07, 6.45) is 2.31. The SMILES string of the molecule is CNCc1cccc(SC(C)C(=O)N2CCCC2)c1. The van der Waals surface area contributed by atoms with Crippen molar-refractivity contribution in [2.75, 3.05) is 20.1 Å². The van der Waals surface area contributed by atoms with Crippen LogP contribution in [0.3, 0.4) is 0 Å². The minimum absolute atomic E-state index is 0.00272. The number of nitrogens with zero attached hydrogens (tertiary/aromatic N) is 1. The van der Waals surface area contributed by atoms with Gasteiger partial charge in [0.2, 0.25) is 5.91 Å². The van der Waals surface area contributed by atoms with Crippen LogP contribution < -0.4 is 5.32 Å². The monoisotopic (exact) mass is 278 g/mol. The van der Waals surface area contributed by atoms with Crippen molar-refractivity contribution in [1.82, 2.24) is 10.2 Å². The summed E-state index contributed by atoms with van der Waals surface area (Å²) in [7, 11) is 1.94. The molecule has 1 N–H and O–H groups in total. The fraction of sp³-hybridized carbons (Fsp3) is 0.533. The Morgan fingerprint density at radius 1 is 1.42 bits per heavy atom. The molecule has 0 saturated carbocycles. The maximum absolute atomic E-state index is 12.3. The van der Waals surface area contributed by atoms with E-state index in [2.05, 4.69) is 29.6 Å². The Balaban J connectivity index is 1.95. The largest absolute Gasteiger partial charge is 0.342 e. The van der Waals surface area contributed by atoms with Gasteiger partial charge in [-0.15, -0.1) is 11.8 Å². The first kappa shape index (κ1) is 14.4. The molecule has 1 aromatic rings. The molecule has 0 radical (unpaired) electrons. The first-order chi connectivity index (χ1) is 9.20. The molecule has 1 heterocycles. The molecule has 0 aromatic heterocycles. The fourth-order valence-corrected chi connectivity index (χ4v) is 3.42. The normalized spacial score (nSPS) is 16.6. The molecule has 1 atom stereocenters. The molecule has 19 heavy (non-hydrogen) atoms. The molecule has 3 nitrogen and oxygen atoms in total. The van der Waals surface area contributed by atoms with Gasteiger partial charge in [-0.2, -0.15) is 0 Å². The molecule has 1 aliphatic rings. The number of likely N-dealkylation sites (tertiary alicyclic amines) is 1. The Bertz CT molecular complexity index is 430. The van der Waals surface area contributed by atoms with Crippen molar-refractivity contribution in [2.24, 2.45) is 0 Å². The highest BCUT2D eigenvalue weighted by atomic mass is 32.2. The standard InChI is InChI=1S/C15H22N2OS/c1-12(15(18)17-8-3-4-9-17)19-14-7-5-6-13(10-14)11-16-2/h5-7,10,12,16H,3-4,8-9,11H2,1-2H3. The predicted molar refractivity (Wildman–Crippen MR) is 80.3 cm³/mol. The van der Waals surface area contributed by atoms with Crippen LogP contribution in [0.4, 0.5) is 0 Å². The number of amides is 1. The Labute approximate surface area is 119 Å². The van der Waals surface area contributed by atoms with Crippen molar-refractivity contribution in [2.45, 2.75) is 36.5 Å². The van der Waals surface area contributed by atoms with Gasteiger partial charge >= 0.3 is 0 Å². The van der Waals surface area contributed by atoms with Gasteiger partial charge < -0.3 is 10.2 Å². The third-order valence-electron chi connectivity index (χ3n) is 3.36. The van der Waals surface area contributed by atoms with Gasteiger partial charge in [-0.1, -0.05) is 12.1 Å². The number of nitrogens with one attached hydrogen (secondary N) is 1. The number of benzene rings is 1. The molecule has 2 rings (SSSR count). The van der Waals surface area contributed by atoms with Gasteiger partial charge in [0.1, 0.15) is 0 Å². The fourth-order valence-electron chi connectivity index (χ4n) is 2.38. The molecule has 0 aliphatic carbocycles. The van der Waals surface area contributed by atoms with Crippen LogP contribution >= 0.6 is 11.8 Å². The van der Waals surface area contributed by atoms with Crippen LogP contribution in [0.15, 0.2) is 29.2 Å². The van der Waals surface area contributed by atoms with Crippen molar-refractivity contribution < 1.29 is 4.79 Å². The molecule has 1 aromatic carbocycles. The van der Waals surface area contributed by atoms with Crippen LogP contribution in [0, 0.1) is 0 Å². The van der Waals surface area contributed by atoms with Crippen LogP contribution in [-0.4, -0.2) is 36.2 Å². The van der Waals surface area contributed by atoms with Crippen LogP contribution in [0.25, 0.3) is 0 Å². The summed E-state index contributed by atoms with van der Waals surface area (Å²) in [4.78, 5) is 15.4. The van der Waals surface area contributed by atoms with Crippen molar-refractivity contribution >= 4 is 17.7 Å². The van der Waals surface area contributed by atoms with E-state index in [1.54, 1.807) is 11.8 Å². The molecule has 1 unspecified atom stereocenters. The lowest BCUT2D eigenvalue weighted by Gasteiger charge is -2.20. The number of carbonyl (C=O) groups excluding carboxylic acids is 1. The first-order valence-electron chi connectivity index (χ1n) is 6.89. The highest BCUT2D eigenvalue weighted by molar-refractivity contribution is 8.00. The number of hydrogen-bond acceptors (Lipinski definition) is 3. The first-order valence-corrected chi connectivity index (χ1v) is 7.77. The lowest BCUT2D eigenvalue weighted by molar-refractivity contribution is -0.129. The lowest BCUT2D eigenvalue weighted by Crippen LogP contribution is -2.33. The van der Waals surface area contributed by atoms with E-state index in [1.165, 1.54) is 10.5 Å². The molecular formula is C15H22N2OS. The second-order valence-corrected chi connectivity index (χ2v) is 6.38. The summed E-state index contributed by atoms with van der Waals surface area (Å²) in [5.41, 5.74) is 1.26. The van der Waals surface area contributed by atoms with Crippen LogP contribution in [0.2, 0.25) is 0 Å². The summed E-state index contributed by atoms with van der Waals surface area (Å²) in [6, 6.07) is 8.40. The molecule has 1 aliphatic heterocycles. The minimum atomic E-state index is 0.00272. The van der Waals surface area contributed by atoms with Crippen molar-refractivity contribution in [3.8, 4) is 0 Å². The number of hydrogen-bond donors (Lipinski definition) is 1. The van der Waals surface area contributed by atoms with E-state index in [1.807, 2.05) is 18.9 Å². The van der Waals surface area contributed by atoms with Crippen molar-refractivity contribution in [3.05, 3.63) is 29.8 Å². The quantitative estimate of drug-likeness (QED) is 0.840. The summed E-state index contributed by atoms with van der Waals surface area (Å²) >= 11 is 1.66. The van der Waals surface area contributed by atoms with E-state index in [0.29, 0.717) is 0 Å². The Morgan fingerprint density at radius 3 is 2.84 bits per heavy atom. The Hall–Kier alpha value is -1.00. The van der Waals surface area contributed by atoms with Gasteiger partial charge in [0.15, 0.2) is 0 Å². The van der Waals surface area contributed by atoms with E-state index in [9.17, 15) is 4.79 Å². The van der Waals surface area contributed by atoms with Gasteiger partial charge in [0, 0.05) is 24.5 Å². The average Bonchev–Trinajstić information content (AvgIpc) is 2.92. The second kappa shape index (κ2) is 6.96. The average molecular weight is 278 g/mol. The topological polar surface area (TPSA) is 32.3 Å². The highest BCUT2D eigenvalue weighted by Crippen LogP contribution is 2.26. The number of thioether (sulfide) groups is 1. The molecule has 1 saturated heterocycles. The summed E-state index contributed by atoms with van der Waals surface area (Å²) in [6.45, 7) is 4.74. The predicted octanol–water partition coefficient (Wildman–Crippen LogP) is 2.51. The number of carbonyl (C=O) groups is 1. The Kier molecular flexibility index (Phi) is 5.28. The molecule has 0 spiro atoms. The third kappa shape index (κ3) is 3.98. The number of rotatable bonds is 5. The van der Waals surface area contributed by atoms with Crippen LogP contribution in [0.1, 0.15) is 25.3 Å². The lowest BCUT2D eigenvalue weighted by atomic mass is 10.2. The van der Waals surface area contributed by atoms with E-state index < -0.39 is 0 Å². The van der Waals surface area contributed by atoms with E-state index in [-0.39, 0.29) is 11.2 Å². The minimum Gasteiger partial charge on any atom is -0.342 e. The van der Waals surface area contributed by atoms with Gasteiger partial charge in [0.25, 0.3) is 0 Å². The van der Waals surface area contributed by atoms with Crippen molar-refractivity contribution in [1.29, 1.82) is 0 Å². The maximum atomic E-state index is 12.3. The summed E-state index contributed by atoms with van der Waals surface area (Å²) in [5.74, 6) is 0.279. The zero-order valence-electron chi connectivity index (χ0n) is 11.7. The third-order valence-corrected chi connectivity index (χ3v) is 4.44. The van der Waals surface area contributed by atoms with Gasteiger partial charge in [-0.05, 0) is 44.5 Å².